The Labute approximate surface area is 236 Å². The van der Waals surface area contributed by atoms with Crippen LogP contribution in [0.3, 0.4) is 0 Å². The van der Waals surface area contributed by atoms with Crippen molar-refractivity contribution < 1.29 is 69.3 Å². The summed E-state index contributed by atoms with van der Waals surface area (Å²) in [5, 5.41) is 90.6. The largest absolute Gasteiger partial charge is 0.508 e. The van der Waals surface area contributed by atoms with Gasteiger partial charge in [0.15, 0.2) is 6.29 Å². The summed E-state index contributed by atoms with van der Waals surface area (Å²) in [5.41, 5.74) is -0.0851. The highest BCUT2D eigenvalue weighted by molar-refractivity contribution is 5.88. The van der Waals surface area contributed by atoms with E-state index in [0.29, 0.717) is 5.56 Å². The van der Waals surface area contributed by atoms with Crippen LogP contribution in [0.25, 0.3) is 22.1 Å². The van der Waals surface area contributed by atoms with Crippen molar-refractivity contribution in [1.82, 2.24) is 0 Å². The Morgan fingerprint density at radius 2 is 1.38 bits per heavy atom. The third-order valence-electron chi connectivity index (χ3n) is 7.20. The summed E-state index contributed by atoms with van der Waals surface area (Å²) in [4.78, 5) is 13.1. The maximum atomic E-state index is 13.1. The number of hydrogen-bond donors (Lipinski definition) is 9. The average Bonchev–Trinajstić information content (AvgIpc) is 2.97. The predicted octanol–water partition coefficient (Wildman–Crippen LogP) is -2.13. The van der Waals surface area contributed by atoms with Crippen LogP contribution in [0.15, 0.2) is 51.9 Å². The van der Waals surface area contributed by atoms with E-state index in [1.807, 2.05) is 0 Å². The monoisotopic (exact) mass is 594 g/mol. The molecule has 0 unspecified atom stereocenters. The number of phenolic OH excluding ortho intramolecular Hbond substituents is 2. The van der Waals surface area contributed by atoms with Gasteiger partial charge in [-0.3, -0.25) is 4.79 Å². The van der Waals surface area contributed by atoms with E-state index >= 15 is 0 Å². The molecular weight excluding hydrogens is 564 g/mol. The number of phenols is 2. The summed E-state index contributed by atoms with van der Waals surface area (Å²) < 4.78 is 27.4. The predicted molar refractivity (Wildman–Crippen MR) is 138 cm³/mol. The van der Waals surface area contributed by atoms with Crippen LogP contribution in [-0.2, 0) is 14.2 Å². The van der Waals surface area contributed by atoms with Gasteiger partial charge in [-0.2, -0.15) is 0 Å². The van der Waals surface area contributed by atoms with Gasteiger partial charge in [-0.05, 0) is 17.7 Å². The zero-order chi connectivity index (χ0) is 30.3. The molecule has 0 aliphatic carbocycles. The fraction of sp³-hybridized carbons (Fsp3) is 0.444. The minimum absolute atomic E-state index is 0.000932. The van der Waals surface area contributed by atoms with Crippen molar-refractivity contribution in [2.24, 2.45) is 0 Å². The van der Waals surface area contributed by atoms with E-state index < -0.39 is 85.8 Å². The van der Waals surface area contributed by atoms with Crippen LogP contribution in [0.4, 0.5) is 0 Å². The van der Waals surface area contributed by atoms with E-state index in [9.17, 15) is 50.8 Å². The number of benzene rings is 2. The summed E-state index contributed by atoms with van der Waals surface area (Å²) in [6.07, 6.45) is -15.0. The normalized spacial score (nSPS) is 33.5. The molecular formula is C27H30O15. The van der Waals surface area contributed by atoms with Crippen LogP contribution >= 0.6 is 0 Å². The van der Waals surface area contributed by atoms with Crippen molar-refractivity contribution >= 4 is 11.0 Å². The van der Waals surface area contributed by atoms with Crippen molar-refractivity contribution in [3.63, 3.8) is 0 Å². The standard InChI is InChI=1S/C27H30O15/c28-7-16-20(32)22(34)24(36)26(41-16)39-9-17-21(33)23(35)25(37)27(42-17)40-12-5-14(30)18-15(6-12)38-8-13(19(18)31)10-1-3-11(29)4-2-10/h1-6,8,16-17,20-30,32-37H,7,9H2/t16-,17-,20-,21-,22+,23+,24-,25-,26+,27-/m1/s1. The maximum Gasteiger partial charge on any atom is 0.229 e. The molecule has 1 aromatic heterocycles. The van der Waals surface area contributed by atoms with Crippen LogP contribution in [0.2, 0.25) is 0 Å². The van der Waals surface area contributed by atoms with Crippen LogP contribution in [0, 0.1) is 0 Å². The molecule has 3 heterocycles. The molecule has 10 atom stereocenters. The minimum Gasteiger partial charge on any atom is -0.508 e. The first-order valence-corrected chi connectivity index (χ1v) is 12.9. The fourth-order valence-electron chi connectivity index (χ4n) is 4.80. The lowest BCUT2D eigenvalue weighted by Gasteiger charge is -2.42. The van der Waals surface area contributed by atoms with Crippen molar-refractivity contribution in [3.8, 4) is 28.4 Å². The van der Waals surface area contributed by atoms with Gasteiger partial charge in [-0.1, -0.05) is 12.1 Å². The van der Waals surface area contributed by atoms with Crippen molar-refractivity contribution in [2.75, 3.05) is 13.2 Å². The molecule has 15 nitrogen and oxygen atoms in total. The Bertz CT molecular complexity index is 1440. The quantitative estimate of drug-likeness (QED) is 0.142. The highest BCUT2D eigenvalue weighted by Crippen LogP contribution is 2.33. The van der Waals surface area contributed by atoms with Gasteiger partial charge in [0, 0.05) is 12.1 Å². The lowest BCUT2D eigenvalue weighted by molar-refractivity contribution is -0.323. The fourth-order valence-corrected chi connectivity index (χ4v) is 4.80. The van der Waals surface area contributed by atoms with Gasteiger partial charge in [0.1, 0.15) is 83.3 Å². The summed E-state index contributed by atoms with van der Waals surface area (Å²) >= 11 is 0. The highest BCUT2D eigenvalue weighted by atomic mass is 16.7. The van der Waals surface area contributed by atoms with E-state index in [1.54, 1.807) is 0 Å². The highest BCUT2D eigenvalue weighted by Gasteiger charge is 2.48. The van der Waals surface area contributed by atoms with E-state index in [4.69, 9.17) is 23.4 Å². The molecule has 0 saturated carbocycles. The Morgan fingerprint density at radius 1 is 0.762 bits per heavy atom. The second-order valence-corrected chi connectivity index (χ2v) is 10.0. The molecule has 2 aliphatic heterocycles. The van der Waals surface area contributed by atoms with E-state index in [-0.39, 0.29) is 28.0 Å². The summed E-state index contributed by atoms with van der Waals surface area (Å²) in [5.74, 6) is -0.659. The molecule has 2 saturated heterocycles. The van der Waals surface area contributed by atoms with Gasteiger partial charge in [-0.25, -0.2) is 0 Å². The van der Waals surface area contributed by atoms with Gasteiger partial charge in [0.25, 0.3) is 0 Å². The van der Waals surface area contributed by atoms with E-state index in [0.717, 1.165) is 6.07 Å². The number of hydrogen-bond acceptors (Lipinski definition) is 15. The number of aromatic hydroxyl groups is 2. The molecule has 2 aromatic carbocycles. The Kier molecular flexibility index (Phi) is 8.68. The maximum absolute atomic E-state index is 13.1. The Balaban J connectivity index is 1.32. The number of rotatable bonds is 7. The van der Waals surface area contributed by atoms with Crippen LogP contribution in [-0.4, -0.2) is 121 Å². The first kappa shape index (κ1) is 30.1. The molecule has 15 heteroatoms. The Morgan fingerprint density at radius 3 is 2.05 bits per heavy atom. The van der Waals surface area contributed by atoms with Crippen LogP contribution < -0.4 is 10.2 Å². The van der Waals surface area contributed by atoms with Gasteiger partial charge < -0.3 is 69.3 Å². The minimum atomic E-state index is -1.80. The lowest BCUT2D eigenvalue weighted by Crippen LogP contribution is -2.62. The second kappa shape index (κ2) is 12.1. The zero-order valence-corrected chi connectivity index (χ0v) is 21.7. The molecule has 2 fully saturated rings. The average molecular weight is 595 g/mol. The van der Waals surface area contributed by atoms with E-state index in [1.165, 1.54) is 36.6 Å². The van der Waals surface area contributed by atoms with Gasteiger partial charge >= 0.3 is 0 Å². The van der Waals surface area contributed by atoms with Gasteiger partial charge in [0.2, 0.25) is 11.7 Å². The molecule has 0 radical (unpaired) electrons. The number of fused-ring (bicyclic) bond motifs is 1. The van der Waals surface area contributed by atoms with Gasteiger partial charge in [0.05, 0.1) is 18.8 Å². The summed E-state index contributed by atoms with van der Waals surface area (Å²) in [6, 6.07) is 8.08. The second-order valence-electron chi connectivity index (χ2n) is 10.0. The topological polar surface area (TPSA) is 249 Å². The Hall–Kier alpha value is -3.35. The lowest BCUT2D eigenvalue weighted by atomic mass is 9.98. The number of aliphatic hydroxyl groups is 7. The summed E-state index contributed by atoms with van der Waals surface area (Å²) in [6.45, 7) is -1.25. The van der Waals surface area contributed by atoms with Crippen LogP contribution in [0.5, 0.6) is 17.2 Å². The van der Waals surface area contributed by atoms with E-state index in [2.05, 4.69) is 0 Å². The first-order chi connectivity index (χ1) is 20.0. The third-order valence-corrected chi connectivity index (χ3v) is 7.20. The molecule has 0 spiro atoms. The van der Waals surface area contributed by atoms with Crippen LogP contribution in [0.1, 0.15) is 0 Å². The molecule has 0 bridgehead atoms. The molecule has 42 heavy (non-hydrogen) atoms. The smallest absolute Gasteiger partial charge is 0.229 e. The van der Waals surface area contributed by atoms with Crippen molar-refractivity contribution in [3.05, 3.63) is 52.9 Å². The molecule has 2 aliphatic rings. The molecule has 5 rings (SSSR count). The van der Waals surface area contributed by atoms with Crippen molar-refractivity contribution in [2.45, 2.75) is 61.4 Å². The number of aliphatic hydroxyl groups excluding tert-OH is 7. The number of ether oxygens (including phenoxy) is 4. The molecule has 3 aromatic rings. The summed E-state index contributed by atoms with van der Waals surface area (Å²) in [7, 11) is 0. The third kappa shape index (κ3) is 5.67. The SMILES string of the molecule is O=c1c(-c2ccc(O)cc2)coc2cc(O[C@@H]3O[C@H](CO[C@H]4O[C@H](CO)[C@@H](O)[C@H](O)[C@H]4O)[C@@H](O)[C@H](O)[C@H]3O)cc(O)c12. The molecule has 0 amide bonds. The molecule has 9 N–H and O–H groups in total. The zero-order valence-electron chi connectivity index (χ0n) is 21.7. The van der Waals surface area contributed by atoms with Crippen molar-refractivity contribution in [1.29, 1.82) is 0 Å². The first-order valence-electron chi connectivity index (χ1n) is 12.9. The van der Waals surface area contributed by atoms with Gasteiger partial charge in [-0.15, -0.1) is 0 Å². The molecule has 228 valence electrons.